The second kappa shape index (κ2) is 22.8. The highest BCUT2D eigenvalue weighted by molar-refractivity contribution is 5.90. The topological polar surface area (TPSA) is 71.1 Å². The second-order valence-electron chi connectivity index (χ2n) is 13.0. The first-order chi connectivity index (χ1) is 23.8. The van der Waals surface area contributed by atoms with Gasteiger partial charge >= 0.3 is 11.9 Å². The third-order valence-electron chi connectivity index (χ3n) is 8.33. The zero-order valence-corrected chi connectivity index (χ0v) is 30.1. The summed E-state index contributed by atoms with van der Waals surface area (Å²) in [5.74, 6) is -1.87. The lowest BCUT2D eigenvalue weighted by atomic mass is 9.97. The first-order valence-corrected chi connectivity index (χ1v) is 18.3. The van der Waals surface area contributed by atoms with Gasteiger partial charge in [0.15, 0.2) is 5.79 Å². The number of allylic oxidation sites excluding steroid dienone is 6. The van der Waals surface area contributed by atoms with Gasteiger partial charge in [-0.05, 0) is 76.6 Å². The van der Waals surface area contributed by atoms with Gasteiger partial charge in [0.1, 0.15) is 24.4 Å². The molecule has 6 nitrogen and oxygen atoms in total. The molecule has 0 N–H and O–H groups in total. The molecule has 1 heterocycles. The molecule has 0 saturated carbocycles. The molecule has 0 spiro atoms. The minimum atomic E-state index is -0.986. The third-order valence-corrected chi connectivity index (χ3v) is 8.33. The monoisotopic (exact) mass is 670 g/mol. The van der Waals surface area contributed by atoms with Crippen LogP contribution in [0.2, 0.25) is 0 Å². The number of carbonyl (C=O) groups excluding carboxylic acids is 2. The van der Waals surface area contributed by atoms with Crippen LogP contribution in [-0.2, 0) is 18.9 Å². The summed E-state index contributed by atoms with van der Waals surface area (Å²) < 4.78 is 25.3. The molecule has 0 radical (unpaired) electrons. The Morgan fingerprint density at radius 2 is 1.00 bits per heavy atom. The summed E-state index contributed by atoms with van der Waals surface area (Å²) in [6, 6.07) is 17.9. The molecule has 1 fully saturated rings. The SMILES string of the molecule is CCCCC/C=C\C/C=C\C[C@@H](OC(=O)c1ccccc1)[C@H]1OC(C)(C)O[C@@H]1[C@@H](C/C=C\C/C=C\CCCCC)OC(=O)c1ccccc1. The molecule has 4 atom stereocenters. The van der Waals surface area contributed by atoms with Gasteiger partial charge < -0.3 is 18.9 Å². The molecular weight excluding hydrogens is 612 g/mol. The van der Waals surface area contributed by atoms with Crippen LogP contribution >= 0.6 is 0 Å². The summed E-state index contributed by atoms with van der Waals surface area (Å²) in [6.45, 7) is 8.09. The molecule has 0 unspecified atom stereocenters. The van der Waals surface area contributed by atoms with Gasteiger partial charge in [0.05, 0.1) is 11.1 Å². The van der Waals surface area contributed by atoms with Gasteiger partial charge in [-0.3, -0.25) is 0 Å². The molecule has 0 amide bonds. The Morgan fingerprint density at radius 1 is 0.612 bits per heavy atom. The maximum Gasteiger partial charge on any atom is 0.338 e. The first-order valence-electron chi connectivity index (χ1n) is 18.3. The number of unbranched alkanes of at least 4 members (excludes halogenated alkanes) is 6. The van der Waals surface area contributed by atoms with Gasteiger partial charge in [0, 0.05) is 12.8 Å². The molecule has 0 aliphatic carbocycles. The molecule has 1 aliphatic rings. The van der Waals surface area contributed by atoms with E-state index in [2.05, 4.69) is 50.3 Å². The van der Waals surface area contributed by atoms with Gasteiger partial charge in [-0.15, -0.1) is 0 Å². The van der Waals surface area contributed by atoms with E-state index in [1.807, 2.05) is 62.4 Å². The van der Waals surface area contributed by atoms with Gasteiger partial charge in [-0.1, -0.05) is 125 Å². The largest absolute Gasteiger partial charge is 0.456 e. The number of rotatable bonds is 22. The molecular formula is C43H58O6. The Labute approximate surface area is 295 Å². The minimum absolute atomic E-state index is 0.418. The molecule has 1 saturated heterocycles. The number of benzene rings is 2. The van der Waals surface area contributed by atoms with Crippen molar-refractivity contribution in [1.29, 1.82) is 0 Å². The Balaban J connectivity index is 1.83. The van der Waals surface area contributed by atoms with Crippen molar-refractivity contribution in [3.8, 4) is 0 Å². The van der Waals surface area contributed by atoms with E-state index in [1.165, 1.54) is 38.5 Å². The molecule has 2 aromatic rings. The molecule has 0 aromatic heterocycles. The van der Waals surface area contributed by atoms with Crippen molar-refractivity contribution in [3.05, 3.63) is 120 Å². The lowest BCUT2D eigenvalue weighted by Gasteiger charge is -2.30. The lowest BCUT2D eigenvalue weighted by molar-refractivity contribution is -0.160. The molecule has 0 bridgehead atoms. The Kier molecular flexibility index (Phi) is 18.5. The van der Waals surface area contributed by atoms with Crippen molar-refractivity contribution in [2.45, 2.75) is 135 Å². The Hall–Kier alpha value is -3.74. The predicted molar refractivity (Wildman–Crippen MR) is 198 cm³/mol. The van der Waals surface area contributed by atoms with Gasteiger partial charge in [0.2, 0.25) is 0 Å². The van der Waals surface area contributed by atoms with Crippen molar-refractivity contribution in [2.75, 3.05) is 0 Å². The number of esters is 2. The summed E-state index contributed by atoms with van der Waals surface area (Å²) in [5.41, 5.74) is 0.915. The van der Waals surface area contributed by atoms with E-state index in [0.29, 0.717) is 24.0 Å². The fraction of sp³-hybridized carbons (Fsp3) is 0.488. The number of carbonyl (C=O) groups is 2. The van der Waals surface area contributed by atoms with Crippen LogP contribution in [0.25, 0.3) is 0 Å². The summed E-state index contributed by atoms with van der Waals surface area (Å²) in [6.07, 6.45) is 26.2. The van der Waals surface area contributed by atoms with Crippen molar-refractivity contribution in [2.24, 2.45) is 0 Å². The average molecular weight is 671 g/mol. The Morgan fingerprint density at radius 3 is 1.39 bits per heavy atom. The van der Waals surface area contributed by atoms with E-state index in [4.69, 9.17) is 18.9 Å². The number of hydrogen-bond acceptors (Lipinski definition) is 6. The van der Waals surface area contributed by atoms with E-state index >= 15 is 0 Å². The van der Waals surface area contributed by atoms with Crippen molar-refractivity contribution in [3.63, 3.8) is 0 Å². The standard InChI is InChI=1S/C43H58O6/c1-5-7-9-11-13-15-17-19-27-33-37(46-41(44)35-29-23-21-24-30-35)39-40(49-43(3,4)48-39)38(47-42(45)36-31-25-22-26-32-36)34-28-20-18-16-14-12-10-8-6-2/h13-16,19-32,37-40H,5-12,17-18,33-34H2,1-4H3/b15-13-,16-14-,27-19-,28-20-/t37-,38-,39-,40-/m1/s1. The molecule has 6 heteroatoms. The van der Waals surface area contributed by atoms with Crippen molar-refractivity contribution in [1.82, 2.24) is 0 Å². The number of hydrogen-bond donors (Lipinski definition) is 0. The minimum Gasteiger partial charge on any atom is -0.456 e. The predicted octanol–water partition coefficient (Wildman–Crippen LogP) is 10.9. The molecule has 49 heavy (non-hydrogen) atoms. The van der Waals surface area contributed by atoms with Crippen LogP contribution in [0, 0.1) is 0 Å². The maximum absolute atomic E-state index is 13.4. The van der Waals surface area contributed by atoms with Crippen molar-refractivity contribution < 1.29 is 28.5 Å². The van der Waals surface area contributed by atoms with Crippen LogP contribution in [0.15, 0.2) is 109 Å². The van der Waals surface area contributed by atoms with Crippen LogP contribution in [0.5, 0.6) is 0 Å². The van der Waals surface area contributed by atoms with Crippen LogP contribution in [-0.4, -0.2) is 42.1 Å². The van der Waals surface area contributed by atoms with Crippen LogP contribution in [0.4, 0.5) is 0 Å². The fourth-order valence-electron chi connectivity index (χ4n) is 5.71. The zero-order chi connectivity index (χ0) is 35.2. The van der Waals surface area contributed by atoms with Crippen LogP contribution < -0.4 is 0 Å². The molecule has 266 valence electrons. The highest BCUT2D eigenvalue weighted by Gasteiger charge is 2.50. The summed E-state index contributed by atoms with van der Waals surface area (Å²) >= 11 is 0. The Bertz CT molecular complexity index is 1230. The normalized spacial score (nSPS) is 18.9. The zero-order valence-electron chi connectivity index (χ0n) is 30.1. The summed E-state index contributed by atoms with van der Waals surface area (Å²) in [4.78, 5) is 26.7. The highest BCUT2D eigenvalue weighted by Crippen LogP contribution is 2.36. The van der Waals surface area contributed by atoms with Crippen LogP contribution in [0.1, 0.15) is 125 Å². The molecule has 3 rings (SSSR count). The van der Waals surface area contributed by atoms with Gasteiger partial charge in [-0.25, -0.2) is 9.59 Å². The van der Waals surface area contributed by atoms with E-state index in [-0.39, 0.29) is 0 Å². The van der Waals surface area contributed by atoms with Gasteiger partial charge in [-0.2, -0.15) is 0 Å². The average Bonchev–Trinajstić information content (AvgIpc) is 3.44. The maximum atomic E-state index is 13.4. The summed E-state index contributed by atoms with van der Waals surface area (Å²) in [7, 11) is 0. The van der Waals surface area contributed by atoms with Crippen LogP contribution in [0.3, 0.4) is 0 Å². The first kappa shape index (κ1) is 39.7. The van der Waals surface area contributed by atoms with Crippen molar-refractivity contribution >= 4 is 11.9 Å². The van der Waals surface area contributed by atoms with Gasteiger partial charge in [0.25, 0.3) is 0 Å². The second-order valence-corrected chi connectivity index (χ2v) is 13.0. The van der Waals surface area contributed by atoms with E-state index in [9.17, 15) is 9.59 Å². The van der Waals surface area contributed by atoms with E-state index < -0.39 is 42.1 Å². The lowest BCUT2D eigenvalue weighted by Crippen LogP contribution is -2.45. The quantitative estimate of drug-likeness (QED) is 0.0705. The highest BCUT2D eigenvalue weighted by atomic mass is 16.8. The smallest absolute Gasteiger partial charge is 0.338 e. The fourth-order valence-corrected chi connectivity index (χ4v) is 5.71. The summed E-state index contributed by atoms with van der Waals surface area (Å²) in [5, 5.41) is 0. The van der Waals surface area contributed by atoms with E-state index in [0.717, 1.165) is 25.7 Å². The van der Waals surface area contributed by atoms with E-state index in [1.54, 1.807) is 24.3 Å². The number of ether oxygens (including phenoxy) is 4. The molecule has 2 aromatic carbocycles. The third kappa shape index (κ3) is 15.1. The molecule has 1 aliphatic heterocycles.